The smallest absolute Gasteiger partial charge is 0.338 e. The van der Waals surface area contributed by atoms with Gasteiger partial charge in [0.25, 0.3) is 5.91 Å². The van der Waals surface area contributed by atoms with Crippen molar-refractivity contribution in [2.45, 2.75) is 127 Å². The van der Waals surface area contributed by atoms with Crippen LogP contribution in [0.1, 0.15) is 105 Å². The van der Waals surface area contributed by atoms with Gasteiger partial charge in [0.05, 0.1) is 42.3 Å². The molecule has 0 unspecified atom stereocenters. The summed E-state index contributed by atoms with van der Waals surface area (Å²) in [6.45, 7) is 7.12. The highest BCUT2D eigenvalue weighted by atomic mass is 16.6. The maximum atomic E-state index is 15.7. The van der Waals surface area contributed by atoms with E-state index in [1.807, 2.05) is 0 Å². The summed E-state index contributed by atoms with van der Waals surface area (Å²) in [4.78, 5) is 85.7. The first-order chi connectivity index (χ1) is 31.8. The molecule has 0 radical (unpaired) electrons. The number of fused-ring (bicyclic) bond motifs is 4. The summed E-state index contributed by atoms with van der Waals surface area (Å²) in [6, 6.07) is 21.2. The molecule has 2 aliphatic heterocycles. The maximum Gasteiger partial charge on any atom is 0.338 e. The lowest BCUT2D eigenvalue weighted by Crippen LogP contribution is -2.82. The fourth-order valence-corrected chi connectivity index (χ4v) is 11.1. The molecule has 67 heavy (non-hydrogen) atoms. The van der Waals surface area contributed by atoms with Crippen LogP contribution >= 0.6 is 0 Å². The van der Waals surface area contributed by atoms with Crippen LogP contribution in [0.3, 0.4) is 0 Å². The molecule has 356 valence electrons. The summed E-state index contributed by atoms with van der Waals surface area (Å²) in [5.74, 6) is -6.38. The highest BCUT2D eigenvalue weighted by molar-refractivity contribution is 5.96. The second-order valence-electron chi connectivity index (χ2n) is 19.1. The van der Waals surface area contributed by atoms with Gasteiger partial charge in [0.1, 0.15) is 29.7 Å². The number of aliphatic hydroxyl groups is 3. The molecule has 3 aliphatic carbocycles. The first-order valence-electron chi connectivity index (χ1n) is 22.7. The molecule has 16 nitrogen and oxygen atoms in total. The Morgan fingerprint density at radius 3 is 2.19 bits per heavy atom. The van der Waals surface area contributed by atoms with E-state index in [4.69, 9.17) is 28.4 Å². The normalized spacial score (nSPS) is 34.0. The lowest BCUT2D eigenvalue weighted by atomic mass is 9.44. The number of Topliss-reactive ketones (excluding diaryl/α,β-unsaturated/α-hetero) is 1. The van der Waals surface area contributed by atoms with Crippen LogP contribution in [0.2, 0.25) is 0 Å². The predicted octanol–water partition coefficient (Wildman–Crippen LogP) is 4.67. The van der Waals surface area contributed by atoms with E-state index in [2.05, 4.69) is 5.32 Å². The Labute approximate surface area is 387 Å². The number of ether oxygens (including phenoxy) is 6. The third kappa shape index (κ3) is 8.31. The van der Waals surface area contributed by atoms with E-state index in [0.717, 1.165) is 6.92 Å². The largest absolute Gasteiger partial charge is 0.494 e. The third-order valence-corrected chi connectivity index (χ3v) is 14.8. The summed E-state index contributed by atoms with van der Waals surface area (Å²) in [5, 5.41) is 41.0. The minimum Gasteiger partial charge on any atom is -0.494 e. The Balaban J connectivity index is 1.32. The lowest BCUT2D eigenvalue weighted by molar-refractivity contribution is -0.346. The molecule has 3 aromatic carbocycles. The molecule has 1 saturated heterocycles. The maximum absolute atomic E-state index is 15.7. The Kier molecular flexibility index (Phi) is 13.0. The summed E-state index contributed by atoms with van der Waals surface area (Å²) >= 11 is 0. The van der Waals surface area contributed by atoms with Crippen molar-refractivity contribution in [3.05, 3.63) is 113 Å². The Hall–Kier alpha value is -5.94. The second-order valence-corrected chi connectivity index (χ2v) is 19.1. The molecule has 2 heterocycles. The minimum absolute atomic E-state index is 0.00317. The first-order valence-corrected chi connectivity index (χ1v) is 22.7. The summed E-state index contributed by atoms with van der Waals surface area (Å²) in [7, 11) is 0. The molecule has 11 atom stereocenters. The van der Waals surface area contributed by atoms with Crippen molar-refractivity contribution >= 4 is 35.6 Å². The van der Waals surface area contributed by atoms with Gasteiger partial charge in [-0.15, -0.1) is 0 Å². The van der Waals surface area contributed by atoms with E-state index in [9.17, 15) is 39.3 Å². The van der Waals surface area contributed by atoms with Gasteiger partial charge < -0.3 is 49.1 Å². The van der Waals surface area contributed by atoms with Crippen LogP contribution in [0.4, 0.5) is 0 Å². The van der Waals surface area contributed by atoms with E-state index in [-0.39, 0.29) is 53.9 Å². The van der Waals surface area contributed by atoms with Gasteiger partial charge in [-0.25, -0.2) is 9.59 Å². The van der Waals surface area contributed by atoms with Crippen molar-refractivity contribution in [1.82, 2.24) is 5.32 Å². The van der Waals surface area contributed by atoms with Crippen LogP contribution in [0.25, 0.3) is 0 Å². The molecule has 3 fully saturated rings. The van der Waals surface area contributed by atoms with E-state index < -0.39 is 113 Å². The summed E-state index contributed by atoms with van der Waals surface area (Å²) in [6.07, 6.45) is -9.34. The fraction of sp³-hybridized carbons (Fsp3) is 0.490. The highest BCUT2D eigenvalue weighted by Gasteiger charge is 2.78. The molecule has 1 spiro atoms. The van der Waals surface area contributed by atoms with Crippen LogP contribution in [0.15, 0.2) is 96.1 Å². The monoisotopic (exact) mass is 923 g/mol. The van der Waals surface area contributed by atoms with Gasteiger partial charge in [0, 0.05) is 37.2 Å². The topological polar surface area (TPSA) is 231 Å². The van der Waals surface area contributed by atoms with Gasteiger partial charge >= 0.3 is 23.9 Å². The molecule has 6 bridgehead atoms. The SMILES string of the molecule is CC(=O)O[C@H]1C(=O)[C@@]2(C)[C@@H]3[C@H](OC(=O)c4ccccc4)[C@]4(O)C[C@H](OC(=O)[C@H](O)[C@@H](NC(=O)c5ccccc5)c5cccc(c5)OCCCCCC(=O)O[C@]35CO[C@@H]5C[C@@H]2O)C(C)=C1C4(C)C. The fourth-order valence-electron chi connectivity index (χ4n) is 11.1. The zero-order chi connectivity index (χ0) is 48.1. The van der Waals surface area contributed by atoms with E-state index in [1.54, 1.807) is 86.6 Å². The van der Waals surface area contributed by atoms with Gasteiger partial charge in [-0.2, -0.15) is 0 Å². The van der Waals surface area contributed by atoms with Crippen LogP contribution in [-0.2, 0) is 42.9 Å². The van der Waals surface area contributed by atoms with Gasteiger partial charge in [-0.1, -0.05) is 62.4 Å². The van der Waals surface area contributed by atoms with Crippen molar-refractivity contribution in [1.29, 1.82) is 0 Å². The van der Waals surface area contributed by atoms with Gasteiger partial charge in [-0.05, 0) is 86.2 Å². The van der Waals surface area contributed by atoms with Gasteiger partial charge in [-0.3, -0.25) is 19.2 Å². The number of carbonyl (C=O) groups is 6. The third-order valence-electron chi connectivity index (χ3n) is 14.8. The highest BCUT2D eigenvalue weighted by Crippen LogP contribution is 2.64. The first kappa shape index (κ1) is 47.5. The molecular formula is C51H57NO15. The number of esters is 4. The number of hydrogen-bond acceptors (Lipinski definition) is 15. The molecule has 2 saturated carbocycles. The van der Waals surface area contributed by atoms with Crippen LogP contribution < -0.4 is 10.1 Å². The lowest BCUT2D eigenvalue weighted by Gasteiger charge is -2.67. The summed E-state index contributed by atoms with van der Waals surface area (Å²) in [5.41, 5.74) is -7.19. The molecular weight excluding hydrogens is 867 g/mol. The second kappa shape index (κ2) is 18.3. The zero-order valence-electron chi connectivity index (χ0n) is 38.1. The van der Waals surface area contributed by atoms with Crippen LogP contribution in [-0.4, -0.2) is 112 Å². The quantitative estimate of drug-likeness (QED) is 0.155. The predicted molar refractivity (Wildman–Crippen MR) is 236 cm³/mol. The molecule has 5 aliphatic rings. The number of nitrogens with one attached hydrogen (secondary N) is 1. The average Bonchev–Trinajstić information content (AvgIpc) is 3.30. The van der Waals surface area contributed by atoms with E-state index >= 15 is 4.79 Å². The van der Waals surface area contributed by atoms with Crippen molar-refractivity contribution in [2.75, 3.05) is 13.2 Å². The Bertz CT molecular complexity index is 2460. The van der Waals surface area contributed by atoms with Crippen molar-refractivity contribution in [3.8, 4) is 5.75 Å². The Morgan fingerprint density at radius 2 is 1.54 bits per heavy atom. The molecule has 1 amide bonds. The average molecular weight is 924 g/mol. The van der Waals surface area contributed by atoms with Gasteiger partial charge in [0.15, 0.2) is 23.6 Å². The number of ketones is 1. The number of amides is 1. The number of carbonyl (C=O) groups excluding carboxylic acids is 6. The number of rotatable bonds is 5. The zero-order valence-corrected chi connectivity index (χ0v) is 38.1. The van der Waals surface area contributed by atoms with E-state index in [1.165, 1.54) is 26.0 Å². The van der Waals surface area contributed by atoms with Crippen molar-refractivity contribution in [2.24, 2.45) is 16.7 Å². The number of hydrogen-bond donors (Lipinski definition) is 4. The molecule has 0 aromatic heterocycles. The molecule has 8 rings (SSSR count). The minimum atomic E-state index is -2.41. The standard InChI is InChI=1S/C51H57NO15/c1-28-34-26-51(61)44(66-46(59)31-18-11-7-12-19-31)42-49(5,43(57)41(64-29(2)53)38(28)48(51,3)4)35(54)25-36-50(42,27-63-36)67-37(55)22-13-8-14-23-62-33-21-15-20-32(24-33)39(40(56)47(60)65-34)52-45(58)30-16-9-6-10-17-30/h6-7,9-12,15-21,24,34-36,39-42,44,54,56,61H,8,13-14,22-23,25-27H2,1-5H3,(H,52,58)/t34-,35-,36+,39-,40+,41+,42-,44-,49+,50-,51+/m0/s1. The molecule has 4 N–H and O–H groups in total. The molecule has 16 heteroatoms. The van der Waals surface area contributed by atoms with Gasteiger partial charge in [0.2, 0.25) is 0 Å². The van der Waals surface area contributed by atoms with E-state index in [0.29, 0.717) is 25.0 Å². The Morgan fingerprint density at radius 1 is 0.851 bits per heavy atom. The van der Waals surface area contributed by atoms with Crippen molar-refractivity contribution < 1.29 is 72.5 Å². The van der Waals surface area contributed by atoms with Crippen LogP contribution in [0.5, 0.6) is 5.75 Å². The van der Waals surface area contributed by atoms with Crippen molar-refractivity contribution in [3.63, 3.8) is 0 Å². The van der Waals surface area contributed by atoms with Crippen LogP contribution in [0, 0.1) is 16.7 Å². The summed E-state index contributed by atoms with van der Waals surface area (Å²) < 4.78 is 37.1. The number of benzene rings is 3. The number of aliphatic hydroxyl groups excluding tert-OH is 2. The molecule has 3 aromatic rings.